The summed E-state index contributed by atoms with van der Waals surface area (Å²) in [6, 6.07) is 10.7. The molecule has 3 rings (SSSR count). The molecule has 34 heavy (non-hydrogen) atoms. The zero-order chi connectivity index (χ0) is 25.5. The number of carbonyl (C=O) groups is 1. The second-order valence-corrected chi connectivity index (χ2v) is 11.6. The van der Waals surface area contributed by atoms with Gasteiger partial charge in [-0.1, -0.05) is 50.6 Å². The maximum Gasteiger partial charge on any atom is 0.324 e. The molecule has 1 saturated heterocycles. The number of ether oxygens (including phenoxy) is 1. The smallest absolute Gasteiger partial charge is 0.324 e. The lowest BCUT2D eigenvalue weighted by atomic mass is 9.63. The number of hydrogen-bond donors (Lipinski definition) is 1. The van der Waals surface area contributed by atoms with E-state index in [2.05, 4.69) is 11.4 Å². The second kappa shape index (κ2) is 9.28. The third-order valence-electron chi connectivity index (χ3n) is 6.00. The molecule has 0 radical (unpaired) electrons. The number of hydrogen-bond acceptors (Lipinski definition) is 4. The summed E-state index contributed by atoms with van der Waals surface area (Å²) in [4.78, 5) is 13.4. The Bertz CT molecular complexity index is 1120. The second-order valence-electron chi connectivity index (χ2n) is 11.1. The number of esters is 1. The minimum absolute atomic E-state index is 0.112. The largest absolute Gasteiger partial charge is 0.459 e. The number of nitrogens with zero attached hydrogens (tertiary/aromatic N) is 1. The van der Waals surface area contributed by atoms with Crippen LogP contribution in [0.3, 0.4) is 0 Å². The quantitative estimate of drug-likeness (QED) is 0.514. The fraction of sp³-hybridized carbons (Fsp3) is 0.481. The van der Waals surface area contributed by atoms with Crippen LogP contribution in [0.25, 0.3) is 0 Å². The highest BCUT2D eigenvalue weighted by Crippen LogP contribution is 2.52. The Morgan fingerprint density at radius 2 is 1.82 bits per heavy atom. The van der Waals surface area contributed by atoms with E-state index < -0.39 is 46.6 Å². The minimum atomic E-state index is -1.53. The first-order valence-corrected chi connectivity index (χ1v) is 11.7. The van der Waals surface area contributed by atoms with Crippen LogP contribution < -0.4 is 5.32 Å². The summed E-state index contributed by atoms with van der Waals surface area (Å²) < 4.78 is 35.5. The molecule has 4 atom stereocenters. The van der Waals surface area contributed by atoms with Crippen molar-refractivity contribution in [3.05, 3.63) is 70.2 Å². The van der Waals surface area contributed by atoms with E-state index in [4.69, 9.17) is 16.3 Å². The summed E-state index contributed by atoms with van der Waals surface area (Å²) in [5.41, 5.74) is -2.05. The number of rotatable bonds is 4. The van der Waals surface area contributed by atoms with Gasteiger partial charge < -0.3 is 4.74 Å². The van der Waals surface area contributed by atoms with Crippen LogP contribution in [0.1, 0.15) is 65.0 Å². The van der Waals surface area contributed by atoms with E-state index in [0.29, 0.717) is 12.0 Å². The predicted molar refractivity (Wildman–Crippen MR) is 128 cm³/mol. The Labute approximate surface area is 205 Å². The predicted octanol–water partition coefficient (Wildman–Crippen LogP) is 6.28. The lowest BCUT2D eigenvalue weighted by Crippen LogP contribution is -2.44. The zero-order valence-corrected chi connectivity index (χ0v) is 21.1. The van der Waals surface area contributed by atoms with Gasteiger partial charge >= 0.3 is 5.97 Å². The van der Waals surface area contributed by atoms with Crippen molar-refractivity contribution in [1.82, 2.24) is 5.32 Å². The topological polar surface area (TPSA) is 62.1 Å². The van der Waals surface area contributed by atoms with E-state index >= 15 is 4.39 Å². The molecule has 1 fully saturated rings. The maximum absolute atomic E-state index is 15.5. The highest BCUT2D eigenvalue weighted by Gasteiger charge is 2.61. The summed E-state index contributed by atoms with van der Waals surface area (Å²) in [5, 5.41) is 14.2. The number of carbonyl (C=O) groups excluding carboxylic acids is 1. The molecular formula is C27H31ClF2N2O2. The molecule has 2 aromatic carbocycles. The molecule has 4 nitrogen and oxygen atoms in total. The Balaban J connectivity index is 2.32. The highest BCUT2D eigenvalue weighted by molar-refractivity contribution is 6.30. The molecule has 182 valence electrons. The van der Waals surface area contributed by atoms with Crippen molar-refractivity contribution in [3.8, 4) is 6.07 Å². The van der Waals surface area contributed by atoms with E-state index in [1.165, 1.54) is 30.3 Å². The van der Waals surface area contributed by atoms with Crippen molar-refractivity contribution in [2.45, 2.75) is 77.0 Å². The molecule has 0 unspecified atom stereocenters. The van der Waals surface area contributed by atoms with Crippen molar-refractivity contribution >= 4 is 17.6 Å². The molecule has 0 aromatic heterocycles. The monoisotopic (exact) mass is 488 g/mol. The lowest BCUT2D eigenvalue weighted by Gasteiger charge is -2.37. The van der Waals surface area contributed by atoms with E-state index in [1.54, 1.807) is 26.8 Å². The summed E-state index contributed by atoms with van der Waals surface area (Å²) in [6.07, 6.45) is 0.452. The van der Waals surface area contributed by atoms with Crippen LogP contribution in [-0.2, 0) is 14.9 Å². The Morgan fingerprint density at radius 1 is 1.15 bits per heavy atom. The first-order chi connectivity index (χ1) is 15.7. The molecule has 0 spiro atoms. The van der Waals surface area contributed by atoms with Gasteiger partial charge in [0.2, 0.25) is 0 Å². The molecule has 2 aromatic rings. The number of nitrogens with one attached hydrogen (secondary N) is 1. The molecule has 0 saturated carbocycles. The summed E-state index contributed by atoms with van der Waals surface area (Å²) in [7, 11) is 0. The maximum atomic E-state index is 15.5. The molecular weight excluding hydrogens is 458 g/mol. The van der Waals surface area contributed by atoms with Gasteiger partial charge in [-0.25, -0.2) is 8.78 Å². The molecule has 1 heterocycles. The van der Waals surface area contributed by atoms with Gasteiger partial charge in [-0.2, -0.15) is 5.26 Å². The van der Waals surface area contributed by atoms with E-state index in [-0.39, 0.29) is 16.0 Å². The van der Waals surface area contributed by atoms with Crippen molar-refractivity contribution in [2.24, 2.45) is 5.41 Å². The Kier molecular flexibility index (Phi) is 7.13. The molecule has 1 aliphatic heterocycles. The molecule has 1 N–H and O–H groups in total. The molecule has 1 aliphatic rings. The minimum Gasteiger partial charge on any atom is -0.459 e. The van der Waals surface area contributed by atoms with Crippen molar-refractivity contribution in [3.63, 3.8) is 0 Å². The number of halogens is 3. The summed E-state index contributed by atoms with van der Waals surface area (Å²) in [6.45, 7) is 11.3. The van der Waals surface area contributed by atoms with Crippen LogP contribution >= 0.6 is 11.6 Å². The van der Waals surface area contributed by atoms with Crippen molar-refractivity contribution in [1.29, 1.82) is 5.26 Å². The van der Waals surface area contributed by atoms with Crippen molar-refractivity contribution < 1.29 is 18.3 Å². The van der Waals surface area contributed by atoms with Gasteiger partial charge in [0.05, 0.1) is 6.07 Å². The van der Waals surface area contributed by atoms with Crippen molar-refractivity contribution in [2.75, 3.05) is 0 Å². The van der Waals surface area contributed by atoms with Crippen LogP contribution in [-0.4, -0.2) is 23.7 Å². The average molecular weight is 489 g/mol. The fourth-order valence-corrected chi connectivity index (χ4v) is 5.03. The van der Waals surface area contributed by atoms with Gasteiger partial charge in [-0.3, -0.25) is 10.1 Å². The number of nitriles is 1. The van der Waals surface area contributed by atoms with Gasteiger partial charge in [-0.05, 0) is 62.4 Å². The van der Waals surface area contributed by atoms with Gasteiger partial charge in [0, 0.05) is 22.5 Å². The zero-order valence-electron chi connectivity index (χ0n) is 20.4. The molecule has 7 heteroatoms. The lowest BCUT2D eigenvalue weighted by molar-refractivity contribution is -0.157. The normalized spacial score (nSPS) is 25.1. The molecule has 0 amide bonds. The van der Waals surface area contributed by atoms with Crippen LogP contribution in [0.2, 0.25) is 5.02 Å². The van der Waals surface area contributed by atoms with Crippen LogP contribution in [0, 0.1) is 28.4 Å². The van der Waals surface area contributed by atoms with Crippen LogP contribution in [0.15, 0.2) is 42.5 Å². The average Bonchev–Trinajstić information content (AvgIpc) is 3.00. The van der Waals surface area contributed by atoms with Crippen LogP contribution in [0.4, 0.5) is 8.78 Å². The van der Waals surface area contributed by atoms with Crippen LogP contribution in [0.5, 0.6) is 0 Å². The third kappa shape index (κ3) is 5.26. The van der Waals surface area contributed by atoms with Gasteiger partial charge in [0.1, 0.15) is 28.7 Å². The fourth-order valence-electron chi connectivity index (χ4n) is 4.87. The first-order valence-electron chi connectivity index (χ1n) is 11.3. The standard InChI is InChI=1S/C27H31ClF2N2O2/c1-25(2,3)14-21-27(15-31,19-11-10-17(28)13-20(19)30)22(16-8-7-9-18(29)12-16)23(32-21)24(33)34-26(4,5)6/h7-13,21-23,32H,14H2,1-6H3/t21-,22-,23+,27-/m0/s1. The molecule has 0 bridgehead atoms. The van der Waals surface area contributed by atoms with Gasteiger partial charge in [-0.15, -0.1) is 0 Å². The molecule has 0 aliphatic carbocycles. The Hall–Kier alpha value is -2.49. The van der Waals surface area contributed by atoms with E-state index in [1.807, 2.05) is 20.8 Å². The summed E-state index contributed by atoms with van der Waals surface area (Å²) >= 11 is 6.02. The Morgan fingerprint density at radius 3 is 2.35 bits per heavy atom. The van der Waals surface area contributed by atoms with Gasteiger partial charge in [0.15, 0.2) is 0 Å². The number of benzene rings is 2. The first kappa shape index (κ1) is 26.1. The third-order valence-corrected chi connectivity index (χ3v) is 6.24. The van der Waals surface area contributed by atoms with Gasteiger partial charge in [0.25, 0.3) is 0 Å². The summed E-state index contributed by atoms with van der Waals surface area (Å²) in [5.74, 6) is -2.65. The van der Waals surface area contributed by atoms with E-state index in [9.17, 15) is 14.4 Å². The van der Waals surface area contributed by atoms with E-state index in [0.717, 1.165) is 6.07 Å². The SMILES string of the molecule is CC(C)(C)C[C@@H]1N[C@@H](C(=O)OC(C)(C)C)[C@H](c2cccc(F)c2)[C@@]1(C#N)c1ccc(Cl)cc1F. The highest BCUT2D eigenvalue weighted by atomic mass is 35.5.